The molecule has 8 heteroatoms. The summed E-state index contributed by atoms with van der Waals surface area (Å²) < 4.78 is 17.1. The molecule has 0 aromatic rings. The van der Waals surface area contributed by atoms with Crippen molar-refractivity contribution in [1.29, 1.82) is 0 Å². The van der Waals surface area contributed by atoms with Gasteiger partial charge in [0.1, 0.15) is 12.6 Å². The lowest BCUT2D eigenvalue weighted by atomic mass is 10.1. The van der Waals surface area contributed by atoms with Crippen LogP contribution in [0.4, 0.5) is 0 Å². The number of unbranched alkanes of at least 4 members (excludes halogenated alkanes) is 6. The Kier molecular flexibility index (Phi) is 39.0. The molecule has 0 N–H and O–H groups in total. The largest absolute Gasteiger partial charge is 0.544 e. The molecular weight excluding hydrogens is 763 g/mol. The fraction of sp³-hybridized carbons (Fsp3) is 0.528. The summed E-state index contributed by atoms with van der Waals surface area (Å²) in [5.74, 6) is -1.86. The first-order valence-corrected chi connectivity index (χ1v) is 22.8. The number of hydrogen-bond donors (Lipinski definition) is 0. The minimum absolute atomic E-state index is 0.00157. The van der Waals surface area contributed by atoms with Gasteiger partial charge in [0.25, 0.3) is 0 Å². The highest BCUT2D eigenvalue weighted by Crippen LogP contribution is 2.11. The zero-order valence-corrected chi connectivity index (χ0v) is 38.5. The van der Waals surface area contributed by atoms with Crippen LogP contribution >= 0.6 is 0 Å². The van der Waals surface area contributed by atoms with Crippen molar-refractivity contribution in [3.05, 3.63) is 134 Å². The van der Waals surface area contributed by atoms with Gasteiger partial charge in [-0.15, -0.1) is 0 Å². The average molecular weight is 844 g/mol. The third-order valence-electron chi connectivity index (χ3n) is 9.16. The van der Waals surface area contributed by atoms with Crippen molar-refractivity contribution in [2.45, 2.75) is 142 Å². The van der Waals surface area contributed by atoms with Gasteiger partial charge in [0.2, 0.25) is 0 Å². The summed E-state index contributed by atoms with van der Waals surface area (Å²) in [5.41, 5.74) is 0. The summed E-state index contributed by atoms with van der Waals surface area (Å²) in [7, 11) is 5.36. The van der Waals surface area contributed by atoms with Gasteiger partial charge < -0.3 is 28.6 Å². The minimum Gasteiger partial charge on any atom is -0.544 e. The number of likely N-dealkylation sites (N-methyl/N-ethyl adjacent to an activating group) is 1. The first kappa shape index (κ1) is 56.5. The third-order valence-corrected chi connectivity index (χ3v) is 9.16. The molecule has 0 radical (unpaired) electrons. The van der Waals surface area contributed by atoms with Gasteiger partial charge in [-0.25, -0.2) is 0 Å². The molecular formula is C53H81NO7. The topological polar surface area (TPSA) is 102 Å². The van der Waals surface area contributed by atoms with Gasteiger partial charge >= 0.3 is 11.9 Å². The van der Waals surface area contributed by atoms with E-state index in [1.54, 1.807) is 21.1 Å². The average Bonchev–Trinajstić information content (AvgIpc) is 3.22. The van der Waals surface area contributed by atoms with Crippen LogP contribution in [0.15, 0.2) is 134 Å². The molecule has 0 amide bonds. The molecule has 0 aliphatic heterocycles. The van der Waals surface area contributed by atoms with Crippen LogP contribution in [-0.4, -0.2) is 75.5 Å². The van der Waals surface area contributed by atoms with E-state index in [-0.39, 0.29) is 55.5 Å². The highest BCUT2D eigenvalue weighted by molar-refractivity contribution is 5.70. The zero-order chi connectivity index (χ0) is 44.9. The lowest BCUT2D eigenvalue weighted by Crippen LogP contribution is -2.55. The number of quaternary nitrogens is 1. The number of aliphatic carboxylic acids is 1. The lowest BCUT2D eigenvalue weighted by molar-refractivity contribution is -0.889. The number of nitrogens with zero attached hydrogens (tertiary/aromatic N) is 1. The Hall–Kier alpha value is -4.53. The van der Waals surface area contributed by atoms with E-state index in [1.807, 2.05) is 48.6 Å². The smallest absolute Gasteiger partial charge is 0.306 e. The molecule has 0 heterocycles. The van der Waals surface area contributed by atoms with Crippen LogP contribution in [0.5, 0.6) is 0 Å². The molecule has 0 saturated heterocycles. The lowest BCUT2D eigenvalue weighted by Gasteiger charge is -2.34. The molecule has 340 valence electrons. The van der Waals surface area contributed by atoms with E-state index in [1.165, 1.54) is 0 Å². The number of allylic oxidation sites excluding steroid dienone is 22. The summed E-state index contributed by atoms with van der Waals surface area (Å²) >= 11 is 0. The molecule has 0 aromatic heterocycles. The maximum absolute atomic E-state index is 12.7. The van der Waals surface area contributed by atoms with Crippen molar-refractivity contribution < 1.29 is 38.2 Å². The molecule has 0 fully saturated rings. The standard InChI is InChI=1S/C53H81NO7/c1-6-8-10-12-14-16-18-20-22-23-24-25-26-27-28-30-31-33-35-37-39-41-43-51(55)60-48-49(47-59-46-45-50(53(57)58)54(3,4)5)61-52(56)44-42-40-38-36-34-32-29-21-19-17-15-13-11-9-7-2/h8-11,13-17,19-22,24-25,27-29,31-34,49-50H,6-7,12,18,23,26,30,35-48H2,1-5H3/b10-8+,11-9+,15-13+,16-14+,19-17+,22-20+,25-24+,28-27+,29-21+,33-31+,34-32+. The van der Waals surface area contributed by atoms with Crippen LogP contribution < -0.4 is 5.11 Å². The monoisotopic (exact) mass is 844 g/mol. The molecule has 61 heavy (non-hydrogen) atoms. The van der Waals surface area contributed by atoms with Gasteiger partial charge in [0.15, 0.2) is 6.10 Å². The van der Waals surface area contributed by atoms with Gasteiger partial charge in [-0.05, 0) is 83.5 Å². The predicted molar refractivity (Wildman–Crippen MR) is 253 cm³/mol. The van der Waals surface area contributed by atoms with Gasteiger partial charge in [0, 0.05) is 19.3 Å². The summed E-state index contributed by atoms with van der Waals surface area (Å²) in [4.78, 5) is 36.9. The van der Waals surface area contributed by atoms with Crippen LogP contribution in [0.2, 0.25) is 0 Å². The molecule has 0 aromatic carbocycles. The molecule has 0 aliphatic carbocycles. The number of hydrogen-bond acceptors (Lipinski definition) is 7. The van der Waals surface area contributed by atoms with Crippen molar-refractivity contribution >= 4 is 17.9 Å². The molecule has 8 nitrogen and oxygen atoms in total. The van der Waals surface area contributed by atoms with E-state index in [9.17, 15) is 19.5 Å². The van der Waals surface area contributed by atoms with Crippen molar-refractivity contribution in [2.75, 3.05) is 41.0 Å². The maximum Gasteiger partial charge on any atom is 0.306 e. The SMILES string of the molecule is CC/C=C/C=C/C=C/C=C/C=C/CCCCCC(=O)OC(COCCC(C(=O)[O-])[N+](C)(C)C)COC(=O)CCCCC/C=C/C/C=C/C/C=C/C/C=C/C/C=C/C/C=C/CC. The van der Waals surface area contributed by atoms with E-state index in [0.717, 1.165) is 89.9 Å². The van der Waals surface area contributed by atoms with Gasteiger partial charge in [-0.2, -0.15) is 0 Å². The minimum atomic E-state index is -1.14. The van der Waals surface area contributed by atoms with E-state index in [2.05, 4.69) is 98.9 Å². The Balaban J connectivity index is 4.48. The number of carboxylic acid groups (broad SMARTS) is 1. The van der Waals surface area contributed by atoms with Crippen LogP contribution in [0.25, 0.3) is 0 Å². The van der Waals surface area contributed by atoms with Crippen LogP contribution in [0.3, 0.4) is 0 Å². The number of carboxylic acids is 1. The maximum atomic E-state index is 12.7. The fourth-order valence-corrected chi connectivity index (χ4v) is 5.68. The number of rotatable bonds is 38. The molecule has 0 bridgehead atoms. The van der Waals surface area contributed by atoms with Crippen molar-refractivity contribution in [2.24, 2.45) is 0 Å². The third kappa shape index (κ3) is 40.6. The van der Waals surface area contributed by atoms with Crippen LogP contribution in [0, 0.1) is 0 Å². The second kappa shape index (κ2) is 42.2. The molecule has 0 rings (SSSR count). The van der Waals surface area contributed by atoms with Gasteiger partial charge in [-0.3, -0.25) is 9.59 Å². The van der Waals surface area contributed by atoms with Crippen molar-refractivity contribution in [3.63, 3.8) is 0 Å². The fourth-order valence-electron chi connectivity index (χ4n) is 5.68. The number of esters is 2. The first-order valence-electron chi connectivity index (χ1n) is 22.8. The normalized spacial score (nSPS) is 14.2. The summed E-state index contributed by atoms with van der Waals surface area (Å²) in [6, 6.07) is -0.749. The Bertz CT molecular complexity index is 1450. The number of carbonyl (C=O) groups is 3. The molecule has 0 aliphatic rings. The van der Waals surface area contributed by atoms with E-state index < -0.39 is 18.1 Å². The Morgan fingerprint density at radius 2 is 0.951 bits per heavy atom. The Morgan fingerprint density at radius 3 is 1.44 bits per heavy atom. The van der Waals surface area contributed by atoms with Crippen molar-refractivity contribution in [3.8, 4) is 0 Å². The zero-order valence-electron chi connectivity index (χ0n) is 38.5. The molecule has 2 unspecified atom stereocenters. The van der Waals surface area contributed by atoms with Crippen LogP contribution in [-0.2, 0) is 28.6 Å². The quantitative estimate of drug-likeness (QED) is 0.0200. The summed E-state index contributed by atoms with van der Waals surface area (Å²) in [5, 5.41) is 11.6. The second-order valence-electron chi connectivity index (χ2n) is 15.6. The van der Waals surface area contributed by atoms with Gasteiger partial charge in [0.05, 0.1) is 40.3 Å². The Morgan fingerprint density at radius 1 is 0.508 bits per heavy atom. The van der Waals surface area contributed by atoms with Gasteiger partial charge in [-0.1, -0.05) is 160 Å². The van der Waals surface area contributed by atoms with Crippen LogP contribution in [0.1, 0.15) is 129 Å². The second-order valence-corrected chi connectivity index (χ2v) is 15.6. The molecule has 0 spiro atoms. The summed E-state index contributed by atoms with van der Waals surface area (Å²) in [6.07, 6.45) is 60.5. The first-order chi connectivity index (χ1) is 29.6. The Labute approximate surface area is 371 Å². The number of ether oxygens (including phenoxy) is 3. The molecule has 2 atom stereocenters. The predicted octanol–water partition coefficient (Wildman–Crippen LogP) is 11.5. The highest BCUT2D eigenvalue weighted by Gasteiger charge is 2.25. The van der Waals surface area contributed by atoms with Crippen molar-refractivity contribution in [1.82, 2.24) is 0 Å². The summed E-state index contributed by atoms with van der Waals surface area (Å²) in [6.45, 7) is 4.28. The molecule has 0 saturated carbocycles. The highest BCUT2D eigenvalue weighted by atomic mass is 16.6. The number of carbonyl (C=O) groups excluding carboxylic acids is 3. The van der Waals surface area contributed by atoms with E-state index in [4.69, 9.17) is 14.2 Å². The van der Waals surface area contributed by atoms with E-state index in [0.29, 0.717) is 6.42 Å². The van der Waals surface area contributed by atoms with E-state index >= 15 is 0 Å².